The Labute approximate surface area is 146 Å². The molecule has 0 bridgehead atoms. The number of carbonyl (C=O) groups excluding carboxylic acids is 3. The molecule has 1 aliphatic heterocycles. The molecule has 0 radical (unpaired) electrons. The van der Waals surface area contributed by atoms with E-state index in [4.69, 9.17) is 0 Å². The van der Waals surface area contributed by atoms with Crippen LogP contribution < -0.4 is 10.2 Å². The number of benzene rings is 2. The second kappa shape index (κ2) is 6.89. The molecule has 5 nitrogen and oxygen atoms in total. The number of imide groups is 1. The van der Waals surface area contributed by atoms with Gasteiger partial charge in [0.15, 0.2) is 0 Å². The fourth-order valence-electron chi connectivity index (χ4n) is 3.13. The zero-order chi connectivity index (χ0) is 18.0. The van der Waals surface area contributed by atoms with Crippen molar-refractivity contribution in [2.75, 3.05) is 10.2 Å². The van der Waals surface area contributed by atoms with E-state index in [9.17, 15) is 14.4 Å². The number of nitrogens with one attached hydrogen (secondary N) is 1. The molecule has 1 heterocycles. The number of rotatable bonds is 4. The van der Waals surface area contributed by atoms with Crippen molar-refractivity contribution >= 4 is 29.1 Å². The van der Waals surface area contributed by atoms with E-state index >= 15 is 0 Å². The number of hydrogen-bond acceptors (Lipinski definition) is 3. The number of anilines is 2. The fourth-order valence-corrected chi connectivity index (χ4v) is 3.13. The van der Waals surface area contributed by atoms with Gasteiger partial charge in [-0.3, -0.25) is 19.3 Å². The van der Waals surface area contributed by atoms with E-state index in [-0.39, 0.29) is 29.6 Å². The molecule has 3 amide bonds. The Morgan fingerprint density at radius 2 is 1.64 bits per heavy atom. The van der Waals surface area contributed by atoms with E-state index < -0.39 is 0 Å². The van der Waals surface area contributed by atoms with Gasteiger partial charge in [-0.2, -0.15) is 0 Å². The minimum atomic E-state index is -0.307. The van der Waals surface area contributed by atoms with Crippen LogP contribution in [0.3, 0.4) is 0 Å². The molecular formula is C20H20N2O3. The highest BCUT2D eigenvalue weighted by Gasteiger charge is 2.44. The van der Waals surface area contributed by atoms with E-state index in [0.29, 0.717) is 23.4 Å². The van der Waals surface area contributed by atoms with Crippen molar-refractivity contribution in [2.24, 2.45) is 11.8 Å². The van der Waals surface area contributed by atoms with Crippen LogP contribution in [0.1, 0.15) is 30.6 Å². The van der Waals surface area contributed by atoms with Gasteiger partial charge < -0.3 is 5.32 Å². The number of hydrogen-bond donors (Lipinski definition) is 1. The van der Waals surface area contributed by atoms with Gasteiger partial charge in [-0.05, 0) is 42.8 Å². The molecule has 2 aromatic carbocycles. The first-order chi connectivity index (χ1) is 12.0. The minimum Gasteiger partial charge on any atom is -0.322 e. The summed E-state index contributed by atoms with van der Waals surface area (Å²) in [7, 11) is 0. The molecule has 1 saturated heterocycles. The molecule has 1 aliphatic rings. The summed E-state index contributed by atoms with van der Waals surface area (Å²) in [4.78, 5) is 38.3. The molecule has 2 aromatic rings. The summed E-state index contributed by atoms with van der Waals surface area (Å²) >= 11 is 0. The van der Waals surface area contributed by atoms with E-state index in [1.54, 1.807) is 43.3 Å². The van der Waals surface area contributed by atoms with Crippen LogP contribution in [0, 0.1) is 11.8 Å². The lowest BCUT2D eigenvalue weighted by molar-refractivity contribution is -0.122. The zero-order valence-electron chi connectivity index (χ0n) is 14.2. The predicted octanol–water partition coefficient (Wildman–Crippen LogP) is 3.47. The molecule has 0 aromatic heterocycles. The summed E-state index contributed by atoms with van der Waals surface area (Å²) in [6.07, 6.45) is 0.639. The summed E-state index contributed by atoms with van der Waals surface area (Å²) in [5.74, 6) is -1.16. The van der Waals surface area contributed by atoms with Gasteiger partial charge in [0.2, 0.25) is 11.8 Å². The van der Waals surface area contributed by atoms with Crippen molar-refractivity contribution < 1.29 is 14.4 Å². The smallest absolute Gasteiger partial charge is 0.255 e. The van der Waals surface area contributed by atoms with Crippen LogP contribution in [0.5, 0.6) is 0 Å². The Balaban J connectivity index is 1.77. The molecule has 128 valence electrons. The molecule has 25 heavy (non-hydrogen) atoms. The van der Waals surface area contributed by atoms with Crippen molar-refractivity contribution in [1.82, 2.24) is 0 Å². The summed E-state index contributed by atoms with van der Waals surface area (Å²) in [6, 6.07) is 15.7. The molecule has 3 rings (SSSR count). The maximum atomic E-state index is 12.4. The number of para-hydroxylation sites is 1. The monoisotopic (exact) mass is 336 g/mol. The highest BCUT2D eigenvalue weighted by atomic mass is 16.2. The Bertz CT molecular complexity index is 799. The second-order valence-corrected chi connectivity index (χ2v) is 6.18. The van der Waals surface area contributed by atoms with Crippen LogP contribution in [-0.2, 0) is 9.59 Å². The summed E-state index contributed by atoms with van der Waals surface area (Å²) in [5.41, 5.74) is 1.68. The van der Waals surface area contributed by atoms with Crippen molar-refractivity contribution in [3.05, 3.63) is 60.2 Å². The lowest BCUT2D eigenvalue weighted by atomic mass is 9.95. The number of nitrogens with zero attached hydrogens (tertiary/aromatic N) is 1. The Hall–Kier alpha value is -2.95. The average molecular weight is 336 g/mol. The Kier molecular flexibility index (Phi) is 4.65. The van der Waals surface area contributed by atoms with Crippen LogP contribution in [0.15, 0.2) is 54.6 Å². The molecular weight excluding hydrogens is 316 g/mol. The van der Waals surface area contributed by atoms with Crippen molar-refractivity contribution in [3.8, 4) is 0 Å². The van der Waals surface area contributed by atoms with Gasteiger partial charge in [0, 0.05) is 17.2 Å². The predicted molar refractivity (Wildman–Crippen MR) is 96.3 cm³/mol. The fraction of sp³-hybridized carbons (Fsp3) is 0.250. The van der Waals surface area contributed by atoms with Gasteiger partial charge in [-0.25, -0.2) is 0 Å². The molecule has 2 unspecified atom stereocenters. The standard InChI is InChI=1S/C20H20N2O3/c1-3-17-13(2)19(24)22(20(17)25)16-11-9-14(10-12-16)18(23)21-15-7-5-4-6-8-15/h4-13,17H,3H2,1-2H3,(H,21,23). The minimum absolute atomic E-state index is 0.165. The van der Waals surface area contributed by atoms with Gasteiger partial charge in [-0.15, -0.1) is 0 Å². The van der Waals surface area contributed by atoms with Crippen LogP contribution in [0.25, 0.3) is 0 Å². The quantitative estimate of drug-likeness (QED) is 0.869. The molecule has 1 N–H and O–H groups in total. The average Bonchev–Trinajstić information content (AvgIpc) is 2.84. The maximum Gasteiger partial charge on any atom is 0.255 e. The topological polar surface area (TPSA) is 66.5 Å². The van der Waals surface area contributed by atoms with E-state index in [1.807, 2.05) is 25.1 Å². The molecule has 0 aliphatic carbocycles. The second-order valence-electron chi connectivity index (χ2n) is 6.18. The van der Waals surface area contributed by atoms with Gasteiger partial charge in [0.1, 0.15) is 0 Å². The molecule has 0 saturated carbocycles. The van der Waals surface area contributed by atoms with Crippen LogP contribution in [0.4, 0.5) is 11.4 Å². The van der Waals surface area contributed by atoms with Crippen molar-refractivity contribution in [3.63, 3.8) is 0 Å². The van der Waals surface area contributed by atoms with Gasteiger partial charge in [0.25, 0.3) is 5.91 Å². The third kappa shape index (κ3) is 3.18. The molecule has 5 heteroatoms. The van der Waals surface area contributed by atoms with E-state index in [0.717, 1.165) is 0 Å². The van der Waals surface area contributed by atoms with Gasteiger partial charge in [-0.1, -0.05) is 32.0 Å². The summed E-state index contributed by atoms with van der Waals surface area (Å²) in [5, 5.41) is 2.80. The van der Waals surface area contributed by atoms with Crippen LogP contribution >= 0.6 is 0 Å². The lowest BCUT2D eigenvalue weighted by Crippen LogP contribution is -2.30. The molecule has 1 fully saturated rings. The lowest BCUT2D eigenvalue weighted by Gasteiger charge is -2.15. The van der Waals surface area contributed by atoms with Crippen molar-refractivity contribution in [1.29, 1.82) is 0 Å². The molecule has 0 spiro atoms. The SMILES string of the molecule is CCC1C(=O)N(c2ccc(C(=O)Nc3ccccc3)cc2)C(=O)C1C. The first-order valence-corrected chi connectivity index (χ1v) is 8.37. The summed E-state index contributed by atoms with van der Waals surface area (Å²) < 4.78 is 0. The van der Waals surface area contributed by atoms with Gasteiger partial charge >= 0.3 is 0 Å². The largest absolute Gasteiger partial charge is 0.322 e. The van der Waals surface area contributed by atoms with Crippen LogP contribution in [0.2, 0.25) is 0 Å². The van der Waals surface area contributed by atoms with Crippen LogP contribution in [-0.4, -0.2) is 17.7 Å². The van der Waals surface area contributed by atoms with E-state index in [1.165, 1.54) is 4.90 Å². The summed E-state index contributed by atoms with van der Waals surface area (Å²) in [6.45, 7) is 3.70. The third-order valence-corrected chi connectivity index (χ3v) is 4.61. The van der Waals surface area contributed by atoms with E-state index in [2.05, 4.69) is 5.32 Å². The maximum absolute atomic E-state index is 12.4. The molecule has 2 atom stereocenters. The highest BCUT2D eigenvalue weighted by Crippen LogP contribution is 2.32. The first-order valence-electron chi connectivity index (χ1n) is 8.37. The normalized spacial score (nSPS) is 20.0. The van der Waals surface area contributed by atoms with Crippen molar-refractivity contribution in [2.45, 2.75) is 20.3 Å². The number of amides is 3. The number of carbonyl (C=O) groups is 3. The zero-order valence-corrected chi connectivity index (χ0v) is 14.2. The third-order valence-electron chi connectivity index (χ3n) is 4.61. The van der Waals surface area contributed by atoms with Gasteiger partial charge in [0.05, 0.1) is 11.6 Å². The Morgan fingerprint density at radius 3 is 2.20 bits per heavy atom. The first kappa shape index (κ1) is 16.9. The Morgan fingerprint density at radius 1 is 1.00 bits per heavy atom. The highest BCUT2D eigenvalue weighted by molar-refractivity contribution is 6.22.